The first-order valence-corrected chi connectivity index (χ1v) is 6.81. The number of halogens is 2. The predicted molar refractivity (Wildman–Crippen MR) is 75.0 cm³/mol. The van der Waals surface area contributed by atoms with Crippen LogP contribution in [0.4, 0.5) is 4.39 Å². The summed E-state index contributed by atoms with van der Waals surface area (Å²) < 4.78 is 14.8. The molecule has 3 nitrogen and oxygen atoms in total. The lowest BCUT2D eigenvalue weighted by Crippen LogP contribution is -2.61. The van der Waals surface area contributed by atoms with Crippen LogP contribution in [-0.2, 0) is 10.3 Å². The van der Waals surface area contributed by atoms with Gasteiger partial charge in [-0.3, -0.25) is 10.1 Å². The number of nitrogens with one attached hydrogen (secondary N) is 1. The number of nitrogens with zero attached hydrogens (tertiary/aromatic N) is 1. The molecule has 0 spiro atoms. The van der Waals surface area contributed by atoms with Crippen molar-refractivity contribution in [3.05, 3.63) is 34.1 Å². The summed E-state index contributed by atoms with van der Waals surface area (Å²) in [6, 6.07) is 4.79. The Hall–Kier alpha value is -0.590. The minimum Gasteiger partial charge on any atom is -0.341 e. The Morgan fingerprint density at radius 3 is 2.89 bits per heavy atom. The standard InChI is InChI=1S/C12H14BrFN2OS/c1-12(6-16(2)11(17)10(18)15-12)8-5-7(13)3-4-9(8)14/h3-5,10,15,18H,6H2,1-2H3. The van der Waals surface area contributed by atoms with Gasteiger partial charge in [-0.15, -0.1) is 0 Å². The van der Waals surface area contributed by atoms with E-state index in [0.29, 0.717) is 12.1 Å². The Morgan fingerprint density at radius 1 is 1.61 bits per heavy atom. The maximum atomic E-state index is 14.0. The normalized spacial score (nSPS) is 28.6. The van der Waals surface area contributed by atoms with Crippen LogP contribution in [0.15, 0.2) is 22.7 Å². The molecule has 1 saturated heterocycles. The number of hydrogen-bond acceptors (Lipinski definition) is 3. The second-order valence-corrected chi connectivity index (χ2v) is 6.13. The lowest BCUT2D eigenvalue weighted by Gasteiger charge is -2.42. The molecule has 1 aliphatic heterocycles. The molecule has 1 aliphatic rings. The Morgan fingerprint density at radius 2 is 2.28 bits per heavy atom. The third-order valence-corrected chi connectivity index (χ3v) is 3.98. The smallest absolute Gasteiger partial charge is 0.249 e. The number of carbonyl (C=O) groups is 1. The first-order valence-electron chi connectivity index (χ1n) is 5.50. The minimum atomic E-state index is -0.650. The van der Waals surface area contributed by atoms with Gasteiger partial charge in [0.25, 0.3) is 0 Å². The molecule has 6 heteroatoms. The number of rotatable bonds is 1. The SMILES string of the molecule is CN1CC(C)(c2cc(Br)ccc2F)NC(S)C1=O. The molecule has 1 heterocycles. The summed E-state index contributed by atoms with van der Waals surface area (Å²) in [7, 11) is 1.69. The minimum absolute atomic E-state index is 0.105. The lowest BCUT2D eigenvalue weighted by molar-refractivity contribution is -0.134. The third kappa shape index (κ3) is 2.41. The van der Waals surface area contributed by atoms with Gasteiger partial charge >= 0.3 is 0 Å². The van der Waals surface area contributed by atoms with Crippen molar-refractivity contribution < 1.29 is 9.18 Å². The summed E-state index contributed by atoms with van der Waals surface area (Å²) in [6.45, 7) is 2.26. The van der Waals surface area contributed by atoms with Gasteiger partial charge in [0.15, 0.2) is 0 Å². The summed E-state index contributed by atoms with van der Waals surface area (Å²) in [5, 5.41) is 2.45. The van der Waals surface area contributed by atoms with Crippen molar-refractivity contribution in [2.45, 2.75) is 17.8 Å². The van der Waals surface area contributed by atoms with Gasteiger partial charge in [-0.25, -0.2) is 4.39 Å². The van der Waals surface area contributed by atoms with Crippen molar-refractivity contribution in [1.29, 1.82) is 0 Å². The molecule has 2 atom stereocenters. The molecule has 1 amide bonds. The second kappa shape index (κ2) is 4.83. The van der Waals surface area contributed by atoms with Crippen molar-refractivity contribution in [2.24, 2.45) is 0 Å². The zero-order chi connectivity index (χ0) is 13.5. The van der Waals surface area contributed by atoms with Crippen molar-refractivity contribution in [1.82, 2.24) is 10.2 Å². The van der Waals surface area contributed by atoms with Crippen molar-refractivity contribution >= 4 is 34.5 Å². The maximum Gasteiger partial charge on any atom is 0.249 e. The molecule has 98 valence electrons. The lowest BCUT2D eigenvalue weighted by atomic mass is 9.89. The predicted octanol–water partition coefficient (Wildman–Crippen LogP) is 2.12. The number of piperazine rings is 1. The van der Waals surface area contributed by atoms with E-state index in [1.807, 2.05) is 6.92 Å². The quantitative estimate of drug-likeness (QED) is 0.772. The molecule has 1 fully saturated rings. The zero-order valence-electron chi connectivity index (χ0n) is 10.1. The molecular formula is C12H14BrFN2OS. The summed E-state index contributed by atoms with van der Waals surface area (Å²) in [6.07, 6.45) is 0. The van der Waals surface area contributed by atoms with E-state index in [-0.39, 0.29) is 11.7 Å². The molecule has 0 saturated carbocycles. The Kier molecular flexibility index (Phi) is 3.71. The summed E-state index contributed by atoms with van der Waals surface area (Å²) in [4.78, 5) is 13.2. The number of benzene rings is 1. The second-order valence-electron chi connectivity index (χ2n) is 4.70. The van der Waals surface area contributed by atoms with Crippen LogP contribution in [0.25, 0.3) is 0 Å². The van der Waals surface area contributed by atoms with Crippen LogP contribution in [0.5, 0.6) is 0 Å². The van der Waals surface area contributed by atoms with E-state index in [1.165, 1.54) is 6.07 Å². The van der Waals surface area contributed by atoms with Crippen LogP contribution in [0.1, 0.15) is 12.5 Å². The molecule has 1 N–H and O–H groups in total. The summed E-state index contributed by atoms with van der Waals surface area (Å²) >= 11 is 7.54. The van der Waals surface area contributed by atoms with Gasteiger partial charge in [-0.05, 0) is 25.1 Å². The molecule has 2 unspecified atom stereocenters. The van der Waals surface area contributed by atoms with Gasteiger partial charge in [0, 0.05) is 23.6 Å². The van der Waals surface area contributed by atoms with Gasteiger partial charge in [0.2, 0.25) is 5.91 Å². The van der Waals surface area contributed by atoms with E-state index in [0.717, 1.165) is 4.47 Å². The highest BCUT2D eigenvalue weighted by atomic mass is 79.9. The number of likely N-dealkylation sites (N-methyl/N-ethyl adjacent to an activating group) is 1. The fourth-order valence-corrected chi connectivity index (χ4v) is 3.10. The zero-order valence-corrected chi connectivity index (χ0v) is 12.6. The average Bonchev–Trinajstić information content (AvgIpc) is 2.29. The largest absolute Gasteiger partial charge is 0.341 e. The number of carbonyl (C=O) groups excluding carboxylic acids is 1. The van der Waals surface area contributed by atoms with E-state index in [9.17, 15) is 9.18 Å². The summed E-state index contributed by atoms with van der Waals surface area (Å²) in [5.74, 6) is -0.400. The van der Waals surface area contributed by atoms with Crippen LogP contribution >= 0.6 is 28.6 Å². The Labute approximate surface area is 119 Å². The van der Waals surface area contributed by atoms with Crippen LogP contribution in [-0.4, -0.2) is 29.8 Å². The van der Waals surface area contributed by atoms with Crippen LogP contribution in [0.3, 0.4) is 0 Å². The molecule has 1 aromatic carbocycles. The molecule has 0 radical (unpaired) electrons. The maximum absolute atomic E-state index is 14.0. The van der Waals surface area contributed by atoms with Gasteiger partial charge in [-0.1, -0.05) is 15.9 Å². The molecule has 0 bridgehead atoms. The Balaban J connectivity index is 2.42. The average molecular weight is 333 g/mol. The molecule has 2 rings (SSSR count). The van der Waals surface area contributed by atoms with Gasteiger partial charge in [0.05, 0.1) is 5.54 Å². The molecular weight excluding hydrogens is 319 g/mol. The van der Waals surface area contributed by atoms with Gasteiger partial charge in [0.1, 0.15) is 11.2 Å². The van der Waals surface area contributed by atoms with Crippen LogP contribution in [0, 0.1) is 5.82 Å². The fraction of sp³-hybridized carbons (Fsp3) is 0.417. The number of amides is 1. The van der Waals surface area contributed by atoms with E-state index in [2.05, 4.69) is 33.9 Å². The van der Waals surface area contributed by atoms with E-state index < -0.39 is 10.9 Å². The monoisotopic (exact) mass is 332 g/mol. The first-order chi connectivity index (χ1) is 8.33. The van der Waals surface area contributed by atoms with Gasteiger partial charge < -0.3 is 4.90 Å². The number of hydrogen-bond donors (Lipinski definition) is 2. The highest BCUT2D eigenvalue weighted by molar-refractivity contribution is 9.10. The van der Waals surface area contributed by atoms with Crippen molar-refractivity contribution in [2.75, 3.05) is 13.6 Å². The fourth-order valence-electron chi connectivity index (χ4n) is 2.25. The third-order valence-electron chi connectivity index (χ3n) is 3.14. The molecule has 0 aromatic heterocycles. The van der Waals surface area contributed by atoms with Crippen molar-refractivity contribution in [3.8, 4) is 0 Å². The first kappa shape index (κ1) is 13.8. The van der Waals surface area contributed by atoms with Crippen LogP contribution in [0.2, 0.25) is 0 Å². The van der Waals surface area contributed by atoms with E-state index in [4.69, 9.17) is 0 Å². The highest BCUT2D eigenvalue weighted by Gasteiger charge is 2.40. The molecule has 1 aromatic rings. The Bertz CT molecular complexity index is 483. The molecule has 0 aliphatic carbocycles. The number of thiol groups is 1. The highest BCUT2D eigenvalue weighted by Crippen LogP contribution is 2.30. The summed E-state index contributed by atoms with van der Waals surface area (Å²) in [5.41, 5.74) is -0.126. The van der Waals surface area contributed by atoms with E-state index >= 15 is 0 Å². The topological polar surface area (TPSA) is 32.3 Å². The van der Waals surface area contributed by atoms with Crippen molar-refractivity contribution in [3.63, 3.8) is 0 Å². The molecule has 18 heavy (non-hydrogen) atoms. The van der Waals surface area contributed by atoms with Crippen LogP contribution < -0.4 is 5.32 Å². The van der Waals surface area contributed by atoms with E-state index in [1.54, 1.807) is 24.1 Å². The van der Waals surface area contributed by atoms with Gasteiger partial charge in [-0.2, -0.15) is 12.6 Å².